The van der Waals surface area contributed by atoms with Gasteiger partial charge >= 0.3 is 5.97 Å². The Labute approximate surface area is 104 Å². The van der Waals surface area contributed by atoms with Gasteiger partial charge in [-0.15, -0.1) is 0 Å². The van der Waals surface area contributed by atoms with Crippen molar-refractivity contribution in [3.8, 4) is 0 Å². The van der Waals surface area contributed by atoms with Crippen molar-refractivity contribution in [2.45, 2.75) is 12.5 Å². The lowest BCUT2D eigenvalue weighted by Gasteiger charge is -2.21. The number of aromatic nitrogens is 1. The molecular weight excluding hydrogens is 228 g/mol. The Morgan fingerprint density at radius 2 is 2.22 bits per heavy atom. The van der Waals surface area contributed by atoms with Crippen LogP contribution >= 0.6 is 0 Å². The predicted octanol–water partition coefficient (Wildman–Crippen LogP) is 2.00. The number of H-pyrrole nitrogens is 1. The first kappa shape index (κ1) is 11.0. The number of rotatable bonds is 2. The largest absolute Gasteiger partial charge is 0.478 e. The van der Waals surface area contributed by atoms with E-state index in [1.165, 1.54) is 17.0 Å². The fourth-order valence-corrected chi connectivity index (χ4v) is 2.55. The number of hydrogen-bond donors (Lipinski definition) is 3. The average Bonchev–Trinajstić information content (AvgIpc) is 2.75. The minimum Gasteiger partial charge on any atom is -0.478 e. The highest BCUT2D eigenvalue weighted by atomic mass is 16.4. The van der Waals surface area contributed by atoms with Crippen LogP contribution in [-0.2, 0) is 11.2 Å². The van der Waals surface area contributed by atoms with E-state index in [0.29, 0.717) is 0 Å². The normalized spacial score (nSPS) is 19.2. The van der Waals surface area contributed by atoms with Gasteiger partial charge < -0.3 is 15.4 Å². The van der Waals surface area contributed by atoms with E-state index in [2.05, 4.69) is 16.4 Å². The number of hydrogen-bond acceptors (Lipinski definition) is 2. The van der Waals surface area contributed by atoms with Crippen LogP contribution in [0, 0.1) is 0 Å². The lowest BCUT2D eigenvalue weighted by molar-refractivity contribution is -0.131. The minimum absolute atomic E-state index is 0.0442. The Bertz CT molecular complexity index is 628. The summed E-state index contributed by atoms with van der Waals surface area (Å²) in [5.74, 6) is -0.917. The first-order valence-electron chi connectivity index (χ1n) is 5.99. The summed E-state index contributed by atoms with van der Waals surface area (Å²) in [5, 5.41) is 13.3. The molecule has 18 heavy (non-hydrogen) atoms. The molecule has 92 valence electrons. The van der Waals surface area contributed by atoms with E-state index in [9.17, 15) is 4.79 Å². The minimum atomic E-state index is -0.917. The molecule has 0 radical (unpaired) electrons. The summed E-state index contributed by atoms with van der Waals surface area (Å²) >= 11 is 0. The lowest BCUT2D eigenvalue weighted by Crippen LogP contribution is -2.28. The SMILES string of the molecule is O=C(O)C=CC1NCCc2c1[nH]c1ccccc21. The molecule has 4 nitrogen and oxygen atoms in total. The lowest BCUT2D eigenvalue weighted by atomic mass is 9.99. The number of para-hydroxylation sites is 1. The van der Waals surface area contributed by atoms with E-state index in [4.69, 9.17) is 5.11 Å². The van der Waals surface area contributed by atoms with Crippen molar-refractivity contribution in [2.24, 2.45) is 0 Å². The second-order valence-electron chi connectivity index (χ2n) is 4.44. The summed E-state index contributed by atoms with van der Waals surface area (Å²) < 4.78 is 0. The molecule has 0 saturated carbocycles. The van der Waals surface area contributed by atoms with Crippen LogP contribution in [-0.4, -0.2) is 22.6 Å². The number of aromatic amines is 1. The number of benzene rings is 1. The van der Waals surface area contributed by atoms with Crippen LogP contribution in [0.4, 0.5) is 0 Å². The Hall–Kier alpha value is -2.07. The number of fused-ring (bicyclic) bond motifs is 3. The molecule has 1 aromatic heterocycles. The van der Waals surface area contributed by atoms with Crippen LogP contribution in [0.3, 0.4) is 0 Å². The molecule has 0 fully saturated rings. The first-order valence-corrected chi connectivity index (χ1v) is 5.99. The molecule has 0 amide bonds. The maximum Gasteiger partial charge on any atom is 0.328 e. The van der Waals surface area contributed by atoms with Crippen LogP contribution < -0.4 is 5.32 Å². The molecule has 1 aliphatic rings. The zero-order chi connectivity index (χ0) is 12.5. The van der Waals surface area contributed by atoms with Gasteiger partial charge in [-0.2, -0.15) is 0 Å². The molecule has 3 rings (SSSR count). The Balaban J connectivity index is 2.08. The molecule has 2 heterocycles. The molecule has 0 spiro atoms. The molecule has 0 bridgehead atoms. The van der Waals surface area contributed by atoms with Crippen molar-refractivity contribution in [1.82, 2.24) is 10.3 Å². The summed E-state index contributed by atoms with van der Waals surface area (Å²) in [6.07, 6.45) is 3.85. The fraction of sp³-hybridized carbons (Fsp3) is 0.214. The van der Waals surface area contributed by atoms with Gasteiger partial charge in [0.1, 0.15) is 0 Å². The van der Waals surface area contributed by atoms with Crippen molar-refractivity contribution in [3.63, 3.8) is 0 Å². The first-order chi connectivity index (χ1) is 8.75. The van der Waals surface area contributed by atoms with Crippen LogP contribution in [0.1, 0.15) is 17.3 Å². The number of carboxylic acids is 1. The Morgan fingerprint density at radius 1 is 1.39 bits per heavy atom. The second-order valence-corrected chi connectivity index (χ2v) is 4.44. The monoisotopic (exact) mass is 242 g/mol. The summed E-state index contributed by atoms with van der Waals surface area (Å²) in [5.41, 5.74) is 3.49. The van der Waals surface area contributed by atoms with Crippen molar-refractivity contribution >= 4 is 16.9 Å². The number of carbonyl (C=O) groups is 1. The van der Waals surface area contributed by atoms with E-state index in [-0.39, 0.29) is 6.04 Å². The quantitative estimate of drug-likeness (QED) is 0.706. The van der Waals surface area contributed by atoms with Gasteiger partial charge in [-0.1, -0.05) is 24.3 Å². The number of aliphatic carboxylic acids is 1. The topological polar surface area (TPSA) is 65.1 Å². The second kappa shape index (κ2) is 4.31. The number of carboxylic acid groups (broad SMARTS) is 1. The molecule has 2 aromatic rings. The zero-order valence-corrected chi connectivity index (χ0v) is 9.81. The van der Waals surface area contributed by atoms with Crippen LogP contribution in [0.5, 0.6) is 0 Å². The summed E-state index contributed by atoms with van der Waals surface area (Å²) in [6.45, 7) is 0.865. The van der Waals surface area contributed by atoms with Gasteiger partial charge in [-0.05, 0) is 18.1 Å². The van der Waals surface area contributed by atoms with Gasteiger partial charge in [-0.3, -0.25) is 0 Å². The highest BCUT2D eigenvalue weighted by molar-refractivity contribution is 5.85. The van der Waals surface area contributed by atoms with Gasteiger partial charge in [0.25, 0.3) is 0 Å². The molecular formula is C14H14N2O2. The molecule has 4 heteroatoms. The van der Waals surface area contributed by atoms with Crippen molar-refractivity contribution < 1.29 is 9.90 Å². The molecule has 3 N–H and O–H groups in total. The van der Waals surface area contributed by atoms with Gasteiger partial charge in [0.2, 0.25) is 0 Å². The average molecular weight is 242 g/mol. The zero-order valence-electron chi connectivity index (χ0n) is 9.81. The molecule has 1 aliphatic heterocycles. The Morgan fingerprint density at radius 3 is 3.06 bits per heavy atom. The summed E-state index contributed by atoms with van der Waals surface area (Å²) in [4.78, 5) is 14.0. The maximum atomic E-state index is 10.6. The molecule has 0 aliphatic carbocycles. The van der Waals surface area contributed by atoms with Crippen LogP contribution in [0.15, 0.2) is 36.4 Å². The van der Waals surface area contributed by atoms with Gasteiger partial charge in [0, 0.05) is 29.2 Å². The highest BCUT2D eigenvalue weighted by Gasteiger charge is 2.21. The third kappa shape index (κ3) is 1.80. The smallest absolute Gasteiger partial charge is 0.328 e. The predicted molar refractivity (Wildman–Crippen MR) is 69.5 cm³/mol. The maximum absolute atomic E-state index is 10.6. The van der Waals surface area contributed by atoms with Crippen LogP contribution in [0.25, 0.3) is 10.9 Å². The number of nitrogens with one attached hydrogen (secondary N) is 2. The third-order valence-electron chi connectivity index (χ3n) is 3.33. The van der Waals surface area contributed by atoms with E-state index in [0.717, 1.165) is 24.2 Å². The van der Waals surface area contributed by atoms with E-state index in [1.54, 1.807) is 6.08 Å². The van der Waals surface area contributed by atoms with Crippen molar-refractivity contribution in [1.29, 1.82) is 0 Å². The van der Waals surface area contributed by atoms with Gasteiger partial charge in [0.05, 0.1) is 6.04 Å². The summed E-state index contributed by atoms with van der Waals surface area (Å²) in [6, 6.07) is 8.14. The van der Waals surface area contributed by atoms with Crippen LogP contribution in [0.2, 0.25) is 0 Å². The molecule has 1 aromatic carbocycles. The Kier molecular flexibility index (Phi) is 2.64. The van der Waals surface area contributed by atoms with Crippen molar-refractivity contribution in [3.05, 3.63) is 47.7 Å². The van der Waals surface area contributed by atoms with E-state index >= 15 is 0 Å². The third-order valence-corrected chi connectivity index (χ3v) is 3.33. The molecule has 0 saturated heterocycles. The fourth-order valence-electron chi connectivity index (χ4n) is 2.55. The van der Waals surface area contributed by atoms with E-state index in [1.807, 2.05) is 18.2 Å². The highest BCUT2D eigenvalue weighted by Crippen LogP contribution is 2.30. The standard InChI is InChI=1S/C14H14N2O2/c17-13(18)6-5-12-14-10(7-8-15-12)9-3-1-2-4-11(9)16-14/h1-6,12,15-16H,7-8H2,(H,17,18). The van der Waals surface area contributed by atoms with Crippen molar-refractivity contribution in [2.75, 3.05) is 6.54 Å². The molecule has 1 unspecified atom stereocenters. The molecule has 1 atom stereocenters. The summed E-state index contributed by atoms with van der Waals surface area (Å²) in [7, 11) is 0. The van der Waals surface area contributed by atoms with Gasteiger partial charge in [-0.25, -0.2) is 4.79 Å². The van der Waals surface area contributed by atoms with Gasteiger partial charge in [0.15, 0.2) is 0 Å². The van der Waals surface area contributed by atoms with E-state index < -0.39 is 5.97 Å².